The molecule has 0 fully saturated rings. The summed E-state index contributed by atoms with van der Waals surface area (Å²) in [5, 5.41) is 0. The van der Waals surface area contributed by atoms with Gasteiger partial charge in [0.2, 0.25) is 23.3 Å². The van der Waals surface area contributed by atoms with E-state index in [2.05, 4.69) is 0 Å². The summed E-state index contributed by atoms with van der Waals surface area (Å²) in [4.78, 5) is 0. The van der Waals surface area contributed by atoms with E-state index >= 15 is 0 Å². The zero-order chi connectivity index (χ0) is 18.2. The third-order valence-corrected chi connectivity index (χ3v) is 3.90. The average molecular weight is 372 g/mol. The molecule has 2 rings (SSSR count). The molecule has 2 aromatic rings. The lowest BCUT2D eigenvalue weighted by Crippen LogP contribution is -2.27. The van der Waals surface area contributed by atoms with E-state index in [0.717, 1.165) is 5.79 Å². The van der Waals surface area contributed by atoms with Crippen LogP contribution in [0.5, 0.6) is 11.5 Å². The summed E-state index contributed by atoms with van der Waals surface area (Å²) >= 11 is -3.22. The topological polar surface area (TPSA) is 18.5 Å². The minimum Gasteiger partial charge on any atom is -0.610 e. The van der Waals surface area contributed by atoms with Gasteiger partial charge in [0.15, 0.2) is 23.3 Å². The predicted octanol–water partition coefficient (Wildman–Crippen LogP) is 4.38. The molecular weight excluding hydrogens is 367 g/mol. The molecule has 0 saturated heterocycles. The number of benzene rings is 2. The summed E-state index contributed by atoms with van der Waals surface area (Å²) in [6, 6.07) is 0.367. The summed E-state index contributed by atoms with van der Waals surface area (Å²) in [6.45, 7) is 0. The van der Waals surface area contributed by atoms with Gasteiger partial charge in [0, 0.05) is 12.1 Å². The van der Waals surface area contributed by atoms with Gasteiger partial charge in [-0.3, -0.25) is 0 Å². The molecule has 0 aliphatic carbocycles. The third kappa shape index (κ3) is 3.42. The maximum absolute atomic E-state index is 13.4. The molecule has 24 heavy (non-hydrogen) atoms. The molecule has 0 aromatic heterocycles. The van der Waals surface area contributed by atoms with E-state index in [4.69, 9.17) is 7.58 Å². The summed E-state index contributed by atoms with van der Waals surface area (Å²) in [7, 11) is 0. The highest BCUT2D eigenvalue weighted by atomic mass is 27.2. The third-order valence-electron chi connectivity index (χ3n) is 2.72. The van der Waals surface area contributed by atoms with Crippen LogP contribution in [0, 0.1) is 46.5 Å². The Hall–Kier alpha value is -1.99. The first kappa shape index (κ1) is 18.4. The zero-order valence-corrected chi connectivity index (χ0v) is 12.7. The lowest BCUT2D eigenvalue weighted by atomic mass is 10.3. The molecule has 0 unspecified atom stereocenters. The number of hydrogen-bond acceptors (Lipinski definition) is 2. The van der Waals surface area contributed by atoms with Crippen molar-refractivity contribution in [3.63, 3.8) is 0 Å². The van der Waals surface area contributed by atoms with Crippen LogP contribution < -0.4 is 7.58 Å². The van der Waals surface area contributed by atoms with Gasteiger partial charge in [0.1, 0.15) is 11.5 Å². The van der Waals surface area contributed by atoms with Crippen molar-refractivity contribution in [3.8, 4) is 11.5 Å². The second kappa shape index (κ2) is 6.86. The summed E-state index contributed by atoms with van der Waals surface area (Å²) in [5.41, 5.74) is 0. The van der Waals surface area contributed by atoms with Crippen LogP contribution in [0.2, 0.25) is 5.79 Å². The van der Waals surface area contributed by atoms with Crippen LogP contribution in [0.1, 0.15) is 0 Å². The molecule has 128 valence electrons. The highest BCUT2D eigenvalue weighted by molar-refractivity contribution is 6.44. The first-order valence-electron chi connectivity index (χ1n) is 6.12. The normalized spacial score (nSPS) is 10.7. The van der Waals surface area contributed by atoms with Crippen molar-refractivity contribution in [2.45, 2.75) is 5.79 Å². The van der Waals surface area contributed by atoms with Gasteiger partial charge in [-0.25, -0.2) is 26.3 Å². The van der Waals surface area contributed by atoms with E-state index in [0.29, 0.717) is 0 Å². The van der Waals surface area contributed by atoms with Gasteiger partial charge in [-0.1, -0.05) is 0 Å². The second-order valence-corrected chi connectivity index (χ2v) is 6.01. The molecular formula is C13H5AlF8O2. The van der Waals surface area contributed by atoms with E-state index in [1.807, 2.05) is 0 Å². The van der Waals surface area contributed by atoms with Gasteiger partial charge in [-0.2, -0.15) is 8.78 Å². The fourth-order valence-corrected chi connectivity index (χ4v) is 2.76. The molecule has 0 radical (unpaired) electrons. The lowest BCUT2D eigenvalue weighted by Gasteiger charge is -2.15. The fourth-order valence-electron chi connectivity index (χ4n) is 1.66. The quantitative estimate of drug-likeness (QED) is 0.343. The largest absolute Gasteiger partial charge is 0.853 e. The number of halogens is 8. The maximum atomic E-state index is 13.4. The SMILES string of the molecule is [CH3][Al]([O]c1cc(F)c(F)c(F)c1F)[O]c1cc(F)c(F)c(F)c1F. The van der Waals surface area contributed by atoms with Crippen LogP contribution in [-0.2, 0) is 0 Å². The van der Waals surface area contributed by atoms with Gasteiger partial charge in [0.25, 0.3) is 0 Å². The molecule has 0 bridgehead atoms. The molecule has 2 nitrogen and oxygen atoms in total. The van der Waals surface area contributed by atoms with Gasteiger partial charge >= 0.3 is 14.8 Å². The zero-order valence-electron chi connectivity index (χ0n) is 11.6. The molecule has 0 N–H and O–H groups in total. The summed E-state index contributed by atoms with van der Waals surface area (Å²) in [5.74, 6) is -16.7. The van der Waals surface area contributed by atoms with Gasteiger partial charge in [-0.15, -0.1) is 0 Å². The lowest BCUT2D eigenvalue weighted by molar-refractivity contribution is 0.351. The Kier molecular flexibility index (Phi) is 5.25. The van der Waals surface area contributed by atoms with Crippen LogP contribution in [0.4, 0.5) is 35.1 Å². The Morgan fingerprint density at radius 1 is 0.583 bits per heavy atom. The fraction of sp³-hybridized carbons (Fsp3) is 0.0769. The summed E-state index contributed by atoms with van der Waals surface area (Å²) < 4.78 is 114. The molecule has 0 amide bonds. The Morgan fingerprint density at radius 3 is 1.25 bits per heavy atom. The molecule has 0 saturated carbocycles. The molecule has 0 aliphatic heterocycles. The molecule has 2 aromatic carbocycles. The minimum absolute atomic E-state index is 0.183. The van der Waals surface area contributed by atoms with Crippen molar-refractivity contribution >= 4 is 14.8 Å². The standard InChI is InChI=1S/2C6H2F4O.CH3.Al/c2*7-2-1-3(11)5(9)6(10)4(2)8;;/h2*1,11H;1H3;/q;;;+2/p-2. The van der Waals surface area contributed by atoms with Crippen molar-refractivity contribution in [3.05, 3.63) is 58.7 Å². The van der Waals surface area contributed by atoms with Crippen LogP contribution in [0.15, 0.2) is 12.1 Å². The van der Waals surface area contributed by atoms with Crippen molar-refractivity contribution in [1.82, 2.24) is 0 Å². The molecule has 11 heteroatoms. The van der Waals surface area contributed by atoms with Gasteiger partial charge in [0.05, 0.1) is 0 Å². The van der Waals surface area contributed by atoms with Crippen molar-refractivity contribution in [2.24, 2.45) is 0 Å². The molecule has 0 heterocycles. The van der Waals surface area contributed by atoms with Gasteiger partial charge < -0.3 is 7.58 Å². The second-order valence-electron chi connectivity index (χ2n) is 4.40. The van der Waals surface area contributed by atoms with Crippen LogP contribution in [0.3, 0.4) is 0 Å². The predicted molar refractivity (Wildman–Crippen MR) is 65.4 cm³/mol. The first-order chi connectivity index (χ1) is 11.1. The van der Waals surface area contributed by atoms with E-state index in [9.17, 15) is 35.1 Å². The van der Waals surface area contributed by atoms with Crippen LogP contribution in [0.25, 0.3) is 0 Å². The Morgan fingerprint density at radius 2 is 0.917 bits per heavy atom. The molecule has 0 aliphatic rings. The van der Waals surface area contributed by atoms with Crippen LogP contribution >= 0.6 is 0 Å². The highest BCUT2D eigenvalue weighted by Gasteiger charge is 2.31. The van der Waals surface area contributed by atoms with Crippen molar-refractivity contribution in [2.75, 3.05) is 0 Å². The smallest absolute Gasteiger partial charge is 0.610 e. The Labute approximate surface area is 134 Å². The molecule has 0 atom stereocenters. The van der Waals surface area contributed by atoms with E-state index in [-0.39, 0.29) is 12.1 Å². The molecule has 0 spiro atoms. The monoisotopic (exact) mass is 372 g/mol. The Bertz CT molecular complexity index is 733. The first-order valence-corrected chi connectivity index (χ1v) is 8.22. The number of rotatable bonds is 4. The van der Waals surface area contributed by atoms with E-state index < -0.39 is 72.9 Å². The Balaban J connectivity index is 2.25. The highest BCUT2D eigenvalue weighted by Crippen LogP contribution is 2.28. The van der Waals surface area contributed by atoms with Crippen molar-refractivity contribution < 1.29 is 42.7 Å². The average Bonchev–Trinajstić information content (AvgIpc) is 2.53. The summed E-state index contributed by atoms with van der Waals surface area (Å²) in [6.07, 6.45) is 0. The maximum Gasteiger partial charge on any atom is 0.853 e. The van der Waals surface area contributed by atoms with Crippen LogP contribution in [-0.4, -0.2) is 14.8 Å². The van der Waals surface area contributed by atoms with Gasteiger partial charge in [-0.05, 0) is 5.79 Å². The number of hydrogen-bond donors (Lipinski definition) is 0. The van der Waals surface area contributed by atoms with Crippen molar-refractivity contribution in [1.29, 1.82) is 0 Å². The van der Waals surface area contributed by atoms with E-state index in [1.165, 1.54) is 0 Å². The van der Waals surface area contributed by atoms with E-state index in [1.54, 1.807) is 0 Å². The minimum atomic E-state index is -3.22.